The van der Waals surface area contributed by atoms with Crippen LogP contribution in [0.25, 0.3) is 0 Å². The standard InChI is InChI=1S/C18H16ClNO2/c1-9(2)14-10-7-8-11(14)16-15(10)17(21)20(18(16)22)13-6-4-3-5-12(13)19/h3-8,10-11,15-16H,1-2H3/t10-,11-,15-,16+/m1/s1. The summed E-state index contributed by atoms with van der Waals surface area (Å²) in [5, 5.41) is 0.437. The average Bonchev–Trinajstić information content (AvgIpc) is 3.11. The number of carbonyl (C=O) groups is 2. The van der Waals surface area contributed by atoms with Gasteiger partial charge in [0.2, 0.25) is 11.8 Å². The molecule has 0 unspecified atom stereocenters. The largest absolute Gasteiger partial charge is 0.274 e. The molecular formula is C18H16ClNO2. The molecule has 0 spiro atoms. The van der Waals surface area contributed by atoms with Crippen LogP contribution in [-0.4, -0.2) is 11.8 Å². The van der Waals surface area contributed by atoms with Gasteiger partial charge >= 0.3 is 0 Å². The number of halogens is 1. The van der Waals surface area contributed by atoms with E-state index in [0.29, 0.717) is 10.7 Å². The molecule has 22 heavy (non-hydrogen) atoms. The number of allylic oxidation sites excluding steroid dienone is 4. The summed E-state index contributed by atoms with van der Waals surface area (Å²) in [6.45, 7) is 4.12. The highest BCUT2D eigenvalue weighted by molar-refractivity contribution is 6.36. The van der Waals surface area contributed by atoms with E-state index >= 15 is 0 Å². The Morgan fingerprint density at radius 1 is 1.00 bits per heavy atom. The predicted molar refractivity (Wildman–Crippen MR) is 85.4 cm³/mol. The highest BCUT2D eigenvalue weighted by Crippen LogP contribution is 2.57. The van der Waals surface area contributed by atoms with Gasteiger partial charge in [0, 0.05) is 11.8 Å². The van der Waals surface area contributed by atoms with E-state index in [1.165, 1.54) is 16.0 Å². The molecule has 1 aromatic carbocycles. The molecule has 0 N–H and O–H groups in total. The molecule has 4 heteroatoms. The second-order valence-corrected chi connectivity index (χ2v) is 6.81. The monoisotopic (exact) mass is 313 g/mol. The Labute approximate surface area is 134 Å². The minimum Gasteiger partial charge on any atom is -0.274 e. The molecule has 2 aliphatic carbocycles. The zero-order valence-corrected chi connectivity index (χ0v) is 13.2. The van der Waals surface area contributed by atoms with Gasteiger partial charge in [-0.25, -0.2) is 4.90 Å². The third kappa shape index (κ3) is 1.57. The Balaban J connectivity index is 1.80. The highest BCUT2D eigenvalue weighted by atomic mass is 35.5. The van der Waals surface area contributed by atoms with E-state index in [0.717, 1.165) is 0 Å². The zero-order valence-electron chi connectivity index (χ0n) is 12.4. The fraction of sp³-hybridized carbons (Fsp3) is 0.333. The molecule has 2 bridgehead atoms. The van der Waals surface area contributed by atoms with Crippen molar-refractivity contribution < 1.29 is 9.59 Å². The first-order valence-corrected chi connectivity index (χ1v) is 7.88. The number of imide groups is 1. The van der Waals surface area contributed by atoms with Crippen LogP contribution in [0.5, 0.6) is 0 Å². The van der Waals surface area contributed by atoms with Gasteiger partial charge < -0.3 is 0 Å². The van der Waals surface area contributed by atoms with Crippen LogP contribution in [0.3, 0.4) is 0 Å². The molecule has 4 atom stereocenters. The smallest absolute Gasteiger partial charge is 0.238 e. The summed E-state index contributed by atoms with van der Waals surface area (Å²) in [7, 11) is 0. The van der Waals surface area contributed by atoms with Crippen LogP contribution in [-0.2, 0) is 9.59 Å². The number of anilines is 1. The SMILES string of the molecule is CC(C)=C1[C@H]2C=C[C@H]1[C@H]1C(=O)N(c3ccccc3Cl)C(=O)[C@H]12. The van der Waals surface area contributed by atoms with Crippen molar-refractivity contribution in [2.75, 3.05) is 4.90 Å². The molecule has 1 heterocycles. The van der Waals surface area contributed by atoms with Crippen molar-refractivity contribution >= 4 is 29.1 Å². The number of para-hydroxylation sites is 1. The fourth-order valence-corrected chi connectivity index (χ4v) is 4.52. The Kier molecular flexibility index (Phi) is 2.85. The summed E-state index contributed by atoms with van der Waals surface area (Å²) >= 11 is 6.19. The van der Waals surface area contributed by atoms with Gasteiger partial charge in [-0.3, -0.25) is 9.59 Å². The zero-order chi connectivity index (χ0) is 15.6. The van der Waals surface area contributed by atoms with Crippen LogP contribution >= 0.6 is 11.6 Å². The number of hydrogen-bond donors (Lipinski definition) is 0. The number of nitrogens with zero attached hydrogens (tertiary/aromatic N) is 1. The summed E-state index contributed by atoms with van der Waals surface area (Å²) in [6.07, 6.45) is 4.19. The van der Waals surface area contributed by atoms with E-state index in [1.807, 2.05) is 0 Å². The number of rotatable bonds is 1. The number of fused-ring (bicyclic) bond motifs is 5. The lowest BCUT2D eigenvalue weighted by Crippen LogP contribution is -2.33. The molecule has 1 saturated carbocycles. The van der Waals surface area contributed by atoms with Crippen LogP contribution < -0.4 is 4.90 Å². The molecule has 4 rings (SSSR count). The lowest BCUT2D eigenvalue weighted by molar-refractivity contribution is -0.122. The Bertz CT molecular complexity index is 726. The van der Waals surface area contributed by atoms with Gasteiger partial charge in [0.25, 0.3) is 0 Å². The quantitative estimate of drug-likeness (QED) is 0.587. The summed E-state index contributed by atoms with van der Waals surface area (Å²) in [5.74, 6) is -0.599. The summed E-state index contributed by atoms with van der Waals surface area (Å²) < 4.78 is 0. The Hall–Kier alpha value is -1.87. The van der Waals surface area contributed by atoms with Crippen molar-refractivity contribution in [1.82, 2.24) is 0 Å². The molecule has 112 valence electrons. The molecule has 2 amide bonds. The number of benzene rings is 1. The molecule has 1 aliphatic heterocycles. The van der Waals surface area contributed by atoms with Crippen molar-refractivity contribution in [1.29, 1.82) is 0 Å². The van der Waals surface area contributed by atoms with Crippen molar-refractivity contribution in [3.05, 3.63) is 52.6 Å². The van der Waals surface area contributed by atoms with E-state index in [4.69, 9.17) is 11.6 Å². The van der Waals surface area contributed by atoms with Crippen molar-refractivity contribution in [3.8, 4) is 0 Å². The molecule has 1 aromatic rings. The van der Waals surface area contributed by atoms with Gasteiger partial charge in [0.05, 0.1) is 22.5 Å². The van der Waals surface area contributed by atoms with Gasteiger partial charge in [0.15, 0.2) is 0 Å². The van der Waals surface area contributed by atoms with Gasteiger partial charge in [-0.05, 0) is 26.0 Å². The van der Waals surface area contributed by atoms with Gasteiger partial charge in [0.1, 0.15) is 0 Å². The van der Waals surface area contributed by atoms with E-state index < -0.39 is 0 Å². The first-order valence-electron chi connectivity index (χ1n) is 7.50. The number of amides is 2. The molecule has 0 aromatic heterocycles. The molecule has 3 aliphatic rings. The maximum Gasteiger partial charge on any atom is 0.238 e. The summed E-state index contributed by atoms with van der Waals surface area (Å²) in [4.78, 5) is 27.1. The lowest BCUT2D eigenvalue weighted by atomic mass is 9.85. The normalized spacial score (nSPS) is 32.1. The second-order valence-electron chi connectivity index (χ2n) is 6.41. The third-order valence-electron chi connectivity index (χ3n) is 5.09. The van der Waals surface area contributed by atoms with E-state index in [-0.39, 0.29) is 35.5 Å². The summed E-state index contributed by atoms with van der Waals surface area (Å²) in [6, 6.07) is 7.03. The van der Waals surface area contributed by atoms with E-state index in [1.54, 1.807) is 24.3 Å². The fourth-order valence-electron chi connectivity index (χ4n) is 4.30. The Morgan fingerprint density at radius 2 is 1.55 bits per heavy atom. The van der Waals surface area contributed by atoms with E-state index in [2.05, 4.69) is 26.0 Å². The molecule has 1 saturated heterocycles. The predicted octanol–water partition coefficient (Wildman–Crippen LogP) is 3.60. The van der Waals surface area contributed by atoms with Crippen molar-refractivity contribution in [3.63, 3.8) is 0 Å². The minimum absolute atomic E-state index is 0.0731. The maximum atomic E-state index is 12.9. The van der Waals surface area contributed by atoms with Crippen molar-refractivity contribution in [2.24, 2.45) is 23.7 Å². The van der Waals surface area contributed by atoms with Gasteiger partial charge in [-0.15, -0.1) is 0 Å². The molecule has 0 radical (unpaired) electrons. The molecule has 2 fully saturated rings. The van der Waals surface area contributed by atoms with Crippen LogP contribution in [0.4, 0.5) is 5.69 Å². The first kappa shape index (κ1) is 13.8. The second kappa shape index (κ2) is 4.56. The number of carbonyl (C=O) groups excluding carboxylic acids is 2. The topological polar surface area (TPSA) is 37.4 Å². The first-order chi connectivity index (χ1) is 10.5. The average molecular weight is 314 g/mol. The molecular weight excluding hydrogens is 298 g/mol. The van der Waals surface area contributed by atoms with Crippen molar-refractivity contribution in [2.45, 2.75) is 13.8 Å². The summed E-state index contributed by atoms with van der Waals surface area (Å²) in [5.41, 5.74) is 2.99. The Morgan fingerprint density at radius 3 is 2.05 bits per heavy atom. The number of hydrogen-bond acceptors (Lipinski definition) is 2. The highest BCUT2D eigenvalue weighted by Gasteiger charge is 2.62. The lowest BCUT2D eigenvalue weighted by Gasteiger charge is -2.20. The van der Waals surface area contributed by atoms with Crippen LogP contribution in [0.1, 0.15) is 13.8 Å². The van der Waals surface area contributed by atoms with Crippen LogP contribution in [0.15, 0.2) is 47.6 Å². The van der Waals surface area contributed by atoms with Gasteiger partial charge in [-0.2, -0.15) is 0 Å². The minimum atomic E-state index is -0.260. The van der Waals surface area contributed by atoms with Crippen LogP contribution in [0, 0.1) is 23.7 Å². The van der Waals surface area contributed by atoms with Crippen LogP contribution in [0.2, 0.25) is 5.02 Å². The van der Waals surface area contributed by atoms with Gasteiger partial charge in [-0.1, -0.05) is 47.0 Å². The maximum absolute atomic E-state index is 12.9. The van der Waals surface area contributed by atoms with E-state index in [9.17, 15) is 9.59 Å². The molecule has 3 nitrogen and oxygen atoms in total. The third-order valence-corrected chi connectivity index (χ3v) is 5.41.